The monoisotopic (exact) mass is 501 g/mol. The second-order valence-electron chi connectivity index (χ2n) is 8.83. The Morgan fingerprint density at radius 1 is 0.946 bits per heavy atom. The van der Waals surface area contributed by atoms with Crippen LogP contribution in [0.3, 0.4) is 0 Å². The molecule has 194 valence electrons. The number of aromatic nitrogens is 2. The number of nitrogens with zero attached hydrogens (tertiary/aromatic N) is 2. The van der Waals surface area contributed by atoms with Crippen molar-refractivity contribution >= 4 is 16.9 Å². The van der Waals surface area contributed by atoms with Gasteiger partial charge in [0.25, 0.3) is 0 Å². The van der Waals surface area contributed by atoms with Gasteiger partial charge in [0.2, 0.25) is 5.91 Å². The highest BCUT2D eigenvalue weighted by molar-refractivity contribution is 5.79. The molecular weight excluding hydrogens is 466 g/mol. The zero-order valence-corrected chi connectivity index (χ0v) is 21.8. The maximum Gasteiger partial charge on any atom is 0.224 e. The van der Waals surface area contributed by atoms with Crippen molar-refractivity contribution in [2.24, 2.45) is 0 Å². The molecule has 0 atom stereocenters. The minimum absolute atomic E-state index is 0.0441. The number of ether oxygens (including phenoxy) is 3. The maximum atomic E-state index is 12.6. The number of hydrogen-bond donors (Lipinski definition) is 1. The van der Waals surface area contributed by atoms with Crippen LogP contribution in [0.4, 0.5) is 0 Å². The van der Waals surface area contributed by atoms with Crippen LogP contribution in [-0.2, 0) is 30.6 Å². The molecule has 7 nitrogen and oxygen atoms in total. The van der Waals surface area contributed by atoms with Crippen LogP contribution in [0, 0.1) is 0 Å². The number of rotatable bonds is 13. The maximum absolute atomic E-state index is 12.6. The van der Waals surface area contributed by atoms with E-state index in [1.165, 1.54) is 5.56 Å². The Morgan fingerprint density at radius 2 is 1.70 bits per heavy atom. The van der Waals surface area contributed by atoms with Gasteiger partial charge in [0, 0.05) is 19.5 Å². The number of hydrogen-bond acceptors (Lipinski definition) is 5. The average Bonchev–Trinajstić information content (AvgIpc) is 3.28. The number of carbonyl (C=O) groups is 1. The van der Waals surface area contributed by atoms with Gasteiger partial charge in [-0.15, -0.1) is 0 Å². The first kappa shape index (κ1) is 26.1. The van der Waals surface area contributed by atoms with Gasteiger partial charge in [-0.25, -0.2) is 4.98 Å². The number of aryl methyl sites for hydroxylation is 2. The van der Waals surface area contributed by atoms with Gasteiger partial charge in [0.1, 0.15) is 11.6 Å². The van der Waals surface area contributed by atoms with E-state index in [0.717, 1.165) is 47.6 Å². The molecule has 0 unspecified atom stereocenters. The van der Waals surface area contributed by atoms with Crippen molar-refractivity contribution < 1.29 is 19.0 Å². The molecule has 0 radical (unpaired) electrons. The minimum Gasteiger partial charge on any atom is -0.494 e. The van der Waals surface area contributed by atoms with Crippen LogP contribution >= 0.6 is 0 Å². The predicted octanol–water partition coefficient (Wildman–Crippen LogP) is 4.99. The van der Waals surface area contributed by atoms with Crippen molar-refractivity contribution in [1.29, 1.82) is 0 Å². The number of amides is 1. The van der Waals surface area contributed by atoms with Crippen LogP contribution in [0.1, 0.15) is 30.3 Å². The number of carbonyl (C=O) groups excluding carboxylic acids is 1. The van der Waals surface area contributed by atoms with Crippen molar-refractivity contribution in [3.8, 4) is 17.2 Å². The fraction of sp³-hybridized carbons (Fsp3) is 0.333. The second-order valence-corrected chi connectivity index (χ2v) is 8.83. The summed E-state index contributed by atoms with van der Waals surface area (Å²) in [5.74, 6) is 3.07. The molecule has 7 heteroatoms. The summed E-state index contributed by atoms with van der Waals surface area (Å²) in [4.78, 5) is 17.4. The summed E-state index contributed by atoms with van der Waals surface area (Å²) in [5.41, 5.74) is 4.23. The SMILES string of the molecule is CCc1ccc(OCCCn2c(CCNC(=O)Cc3ccc(OC)c(OC)c3)nc3ccccc32)cc1. The average molecular weight is 502 g/mol. The number of fused-ring (bicyclic) bond motifs is 1. The Bertz CT molecular complexity index is 1310. The molecule has 0 bridgehead atoms. The first-order chi connectivity index (χ1) is 18.1. The number of benzene rings is 3. The summed E-state index contributed by atoms with van der Waals surface area (Å²) in [5, 5.41) is 3.03. The van der Waals surface area contributed by atoms with Crippen LogP contribution in [0.5, 0.6) is 17.2 Å². The molecule has 3 aromatic carbocycles. The quantitative estimate of drug-likeness (QED) is 0.261. The molecular formula is C30H35N3O4. The fourth-order valence-electron chi connectivity index (χ4n) is 4.35. The lowest BCUT2D eigenvalue weighted by molar-refractivity contribution is -0.120. The van der Waals surface area contributed by atoms with Gasteiger partial charge in [-0.1, -0.05) is 37.3 Å². The number of imidazole rings is 1. The molecule has 37 heavy (non-hydrogen) atoms. The Morgan fingerprint density at radius 3 is 2.46 bits per heavy atom. The fourth-order valence-corrected chi connectivity index (χ4v) is 4.35. The predicted molar refractivity (Wildman–Crippen MR) is 146 cm³/mol. The van der Waals surface area contributed by atoms with Crippen LogP contribution in [0.25, 0.3) is 11.0 Å². The van der Waals surface area contributed by atoms with Crippen LogP contribution in [-0.4, -0.2) is 42.8 Å². The highest BCUT2D eigenvalue weighted by Gasteiger charge is 2.12. The number of para-hydroxylation sites is 2. The van der Waals surface area contributed by atoms with E-state index in [0.29, 0.717) is 31.1 Å². The van der Waals surface area contributed by atoms with Gasteiger partial charge < -0.3 is 24.1 Å². The van der Waals surface area contributed by atoms with E-state index in [4.69, 9.17) is 19.2 Å². The molecule has 0 spiro atoms. The van der Waals surface area contributed by atoms with Crippen molar-refractivity contribution in [3.05, 3.63) is 83.7 Å². The van der Waals surface area contributed by atoms with E-state index >= 15 is 0 Å². The first-order valence-corrected chi connectivity index (χ1v) is 12.7. The third-order valence-corrected chi connectivity index (χ3v) is 6.34. The molecule has 0 saturated carbocycles. The normalized spacial score (nSPS) is 10.9. The van der Waals surface area contributed by atoms with E-state index in [9.17, 15) is 4.79 Å². The smallest absolute Gasteiger partial charge is 0.224 e. The van der Waals surface area contributed by atoms with Gasteiger partial charge in [-0.3, -0.25) is 4.79 Å². The summed E-state index contributed by atoms with van der Waals surface area (Å²) in [7, 11) is 3.18. The van der Waals surface area contributed by atoms with Crippen LogP contribution in [0.2, 0.25) is 0 Å². The van der Waals surface area contributed by atoms with Crippen LogP contribution < -0.4 is 19.5 Å². The molecule has 4 aromatic rings. The molecule has 0 aliphatic carbocycles. The molecule has 1 aromatic heterocycles. The molecule has 0 fully saturated rings. The standard InChI is InChI=1S/C30H35N3O4/c1-4-22-10-13-24(14-11-22)37-19-7-18-33-26-9-6-5-8-25(26)32-29(33)16-17-31-30(34)21-23-12-15-27(35-2)28(20-23)36-3/h5-6,8-15,20H,4,7,16-19,21H2,1-3H3,(H,31,34). The van der Waals surface area contributed by atoms with Crippen molar-refractivity contribution in [1.82, 2.24) is 14.9 Å². The first-order valence-electron chi connectivity index (χ1n) is 12.7. The van der Waals surface area contributed by atoms with E-state index in [1.54, 1.807) is 14.2 Å². The molecule has 0 aliphatic heterocycles. The highest BCUT2D eigenvalue weighted by Crippen LogP contribution is 2.27. The Labute approximate surface area is 218 Å². The molecule has 1 amide bonds. The Kier molecular flexibility index (Phi) is 9.03. The molecule has 1 heterocycles. The molecule has 1 N–H and O–H groups in total. The van der Waals surface area contributed by atoms with E-state index in [-0.39, 0.29) is 12.3 Å². The lowest BCUT2D eigenvalue weighted by Crippen LogP contribution is -2.28. The van der Waals surface area contributed by atoms with Gasteiger partial charge in [0.05, 0.1) is 38.3 Å². The lowest BCUT2D eigenvalue weighted by atomic mass is 10.1. The van der Waals surface area contributed by atoms with Gasteiger partial charge in [-0.2, -0.15) is 0 Å². The van der Waals surface area contributed by atoms with E-state index in [2.05, 4.69) is 35.0 Å². The zero-order valence-electron chi connectivity index (χ0n) is 21.8. The van der Waals surface area contributed by atoms with Gasteiger partial charge in [-0.05, 0) is 60.4 Å². The van der Waals surface area contributed by atoms with Crippen molar-refractivity contribution in [2.45, 2.75) is 39.2 Å². The number of methoxy groups -OCH3 is 2. The topological polar surface area (TPSA) is 74.6 Å². The Hall–Kier alpha value is -4.00. The third kappa shape index (κ3) is 6.82. The highest BCUT2D eigenvalue weighted by atomic mass is 16.5. The second kappa shape index (κ2) is 12.8. The summed E-state index contributed by atoms with van der Waals surface area (Å²) >= 11 is 0. The largest absolute Gasteiger partial charge is 0.494 e. The van der Waals surface area contributed by atoms with Crippen molar-refractivity contribution in [3.63, 3.8) is 0 Å². The summed E-state index contributed by atoms with van der Waals surface area (Å²) in [6, 6.07) is 21.9. The van der Waals surface area contributed by atoms with E-state index < -0.39 is 0 Å². The zero-order chi connectivity index (χ0) is 26.0. The molecule has 0 saturated heterocycles. The van der Waals surface area contributed by atoms with Gasteiger partial charge in [0.15, 0.2) is 11.5 Å². The number of nitrogens with one attached hydrogen (secondary N) is 1. The lowest BCUT2D eigenvalue weighted by Gasteiger charge is -2.12. The van der Waals surface area contributed by atoms with Gasteiger partial charge >= 0.3 is 0 Å². The Balaban J connectivity index is 1.32. The van der Waals surface area contributed by atoms with Crippen LogP contribution in [0.15, 0.2) is 66.7 Å². The van der Waals surface area contributed by atoms with Crippen molar-refractivity contribution in [2.75, 3.05) is 27.4 Å². The molecule has 0 aliphatic rings. The molecule has 4 rings (SSSR count). The minimum atomic E-state index is -0.0441. The summed E-state index contributed by atoms with van der Waals surface area (Å²) in [6.07, 6.45) is 2.79. The van der Waals surface area contributed by atoms with E-state index in [1.807, 2.05) is 48.5 Å². The third-order valence-electron chi connectivity index (χ3n) is 6.34. The summed E-state index contributed by atoms with van der Waals surface area (Å²) < 4.78 is 18.8. The summed E-state index contributed by atoms with van der Waals surface area (Å²) in [6.45, 7) is 4.07.